The molecule has 0 aromatic heterocycles. The first-order valence-corrected chi connectivity index (χ1v) is 9.54. The predicted molar refractivity (Wildman–Crippen MR) is 76.5 cm³/mol. The number of piperidine rings is 1. The number of nitrogens with zero attached hydrogens (tertiary/aromatic N) is 1. The van der Waals surface area contributed by atoms with Gasteiger partial charge in [-0.2, -0.15) is 0 Å². The second-order valence-corrected chi connectivity index (χ2v) is 8.71. The topological polar surface area (TPSA) is 66.5 Å². The molecular weight excluding hydrogens is 276 g/mol. The van der Waals surface area contributed by atoms with Gasteiger partial charge in [0.15, 0.2) is 0 Å². The molecule has 2 saturated carbocycles. The number of sulfonamides is 1. The summed E-state index contributed by atoms with van der Waals surface area (Å²) in [7, 11) is -3.10. The first-order valence-electron chi connectivity index (χ1n) is 7.69. The van der Waals surface area contributed by atoms with Crippen molar-refractivity contribution in [2.45, 2.75) is 44.6 Å². The maximum atomic E-state index is 12.3. The lowest BCUT2D eigenvalue weighted by atomic mass is 9.93. The maximum Gasteiger partial charge on any atom is 0.223 e. The number of hydrogen-bond acceptors (Lipinski definition) is 3. The minimum atomic E-state index is -3.10. The Labute approximate surface area is 121 Å². The van der Waals surface area contributed by atoms with Gasteiger partial charge in [0.1, 0.15) is 0 Å². The molecule has 1 amide bonds. The van der Waals surface area contributed by atoms with Gasteiger partial charge in [-0.1, -0.05) is 6.42 Å². The van der Waals surface area contributed by atoms with E-state index in [9.17, 15) is 13.2 Å². The second kappa shape index (κ2) is 5.30. The van der Waals surface area contributed by atoms with Crippen LogP contribution in [-0.4, -0.2) is 44.0 Å². The zero-order chi connectivity index (χ0) is 14.3. The molecule has 0 aromatic rings. The molecule has 0 radical (unpaired) electrons. The van der Waals surface area contributed by atoms with Crippen LogP contribution in [0, 0.1) is 17.8 Å². The molecule has 2 aliphatic carbocycles. The summed E-state index contributed by atoms with van der Waals surface area (Å²) in [4.78, 5) is 12.3. The van der Waals surface area contributed by atoms with Gasteiger partial charge in [-0.3, -0.25) is 4.79 Å². The van der Waals surface area contributed by atoms with Gasteiger partial charge in [-0.15, -0.1) is 0 Å². The Morgan fingerprint density at radius 3 is 2.30 bits per heavy atom. The van der Waals surface area contributed by atoms with Gasteiger partial charge in [0, 0.05) is 25.0 Å². The van der Waals surface area contributed by atoms with E-state index in [2.05, 4.69) is 5.32 Å². The Bertz CT molecular complexity index is 483. The van der Waals surface area contributed by atoms with Crippen LogP contribution >= 0.6 is 0 Å². The van der Waals surface area contributed by atoms with Crippen LogP contribution in [0.5, 0.6) is 0 Å². The lowest BCUT2D eigenvalue weighted by Crippen LogP contribution is -2.46. The van der Waals surface area contributed by atoms with Crippen molar-refractivity contribution in [1.29, 1.82) is 0 Å². The monoisotopic (exact) mass is 300 g/mol. The third-order valence-corrected chi connectivity index (χ3v) is 6.66. The van der Waals surface area contributed by atoms with Gasteiger partial charge >= 0.3 is 0 Å². The molecule has 3 atom stereocenters. The van der Waals surface area contributed by atoms with E-state index >= 15 is 0 Å². The highest BCUT2D eigenvalue weighted by atomic mass is 32.2. The molecule has 2 bridgehead atoms. The first-order chi connectivity index (χ1) is 9.43. The third-order valence-electron chi connectivity index (χ3n) is 5.36. The van der Waals surface area contributed by atoms with Crippen LogP contribution in [-0.2, 0) is 14.8 Å². The van der Waals surface area contributed by atoms with E-state index in [1.165, 1.54) is 29.8 Å². The summed E-state index contributed by atoms with van der Waals surface area (Å²) in [5.74, 6) is 1.67. The second-order valence-electron chi connectivity index (χ2n) is 6.73. The van der Waals surface area contributed by atoms with Crippen molar-refractivity contribution < 1.29 is 13.2 Å². The summed E-state index contributed by atoms with van der Waals surface area (Å²) in [6, 6.07) is 0.384. The Kier molecular flexibility index (Phi) is 3.79. The van der Waals surface area contributed by atoms with Crippen molar-refractivity contribution in [1.82, 2.24) is 9.62 Å². The highest BCUT2D eigenvalue weighted by molar-refractivity contribution is 7.88. The molecule has 0 aromatic carbocycles. The van der Waals surface area contributed by atoms with Crippen LogP contribution in [0.2, 0.25) is 0 Å². The molecular formula is C14H24N2O3S. The summed E-state index contributed by atoms with van der Waals surface area (Å²) >= 11 is 0. The minimum absolute atomic E-state index is 0.00729. The van der Waals surface area contributed by atoms with E-state index in [4.69, 9.17) is 0 Å². The van der Waals surface area contributed by atoms with E-state index in [-0.39, 0.29) is 11.8 Å². The average Bonchev–Trinajstić information content (AvgIpc) is 3.00. The lowest BCUT2D eigenvalue weighted by Gasteiger charge is -2.31. The van der Waals surface area contributed by atoms with Crippen LogP contribution in [0.25, 0.3) is 0 Å². The van der Waals surface area contributed by atoms with E-state index < -0.39 is 10.0 Å². The molecule has 5 nitrogen and oxygen atoms in total. The number of rotatable bonds is 3. The molecule has 3 rings (SSSR count). The molecule has 114 valence electrons. The Balaban J connectivity index is 1.50. The van der Waals surface area contributed by atoms with E-state index in [1.54, 1.807) is 0 Å². The molecule has 0 spiro atoms. The summed E-state index contributed by atoms with van der Waals surface area (Å²) in [6.45, 7) is 0.960. The number of amides is 1. The number of carbonyl (C=O) groups excluding carboxylic acids is 1. The fourth-order valence-corrected chi connectivity index (χ4v) is 5.05. The van der Waals surface area contributed by atoms with Crippen LogP contribution in [0.3, 0.4) is 0 Å². The largest absolute Gasteiger partial charge is 0.353 e. The average molecular weight is 300 g/mol. The summed E-state index contributed by atoms with van der Waals surface area (Å²) in [6.07, 6.45) is 7.59. The lowest BCUT2D eigenvalue weighted by molar-refractivity contribution is -0.127. The zero-order valence-corrected chi connectivity index (χ0v) is 12.9. The summed E-state index contributed by atoms with van der Waals surface area (Å²) < 4.78 is 24.4. The van der Waals surface area contributed by atoms with Crippen LogP contribution in [0.15, 0.2) is 0 Å². The highest BCUT2D eigenvalue weighted by Crippen LogP contribution is 2.44. The fourth-order valence-electron chi connectivity index (χ4n) is 4.17. The van der Waals surface area contributed by atoms with Gasteiger partial charge in [0.25, 0.3) is 0 Å². The highest BCUT2D eigenvalue weighted by Gasteiger charge is 2.41. The molecule has 1 aliphatic heterocycles. The molecule has 20 heavy (non-hydrogen) atoms. The molecule has 0 unspecified atom stereocenters. The van der Waals surface area contributed by atoms with E-state index in [0.29, 0.717) is 37.9 Å². The molecule has 6 heteroatoms. The molecule has 1 N–H and O–H groups in total. The standard InChI is InChI=1S/C14H24N2O3S/c1-20(18,19)16-6-4-11(5-7-16)14(17)15-13-9-10-2-3-12(13)8-10/h10-13H,2-9H2,1H3,(H,15,17)/t10-,12-,13-/m0/s1. The van der Waals surface area contributed by atoms with E-state index in [0.717, 1.165) is 12.3 Å². The molecule has 3 aliphatic rings. The van der Waals surface area contributed by atoms with Crippen molar-refractivity contribution >= 4 is 15.9 Å². The Hall–Kier alpha value is -0.620. The molecule has 1 heterocycles. The minimum Gasteiger partial charge on any atom is -0.353 e. The van der Waals surface area contributed by atoms with Crippen LogP contribution < -0.4 is 5.32 Å². The van der Waals surface area contributed by atoms with Crippen molar-refractivity contribution in [3.63, 3.8) is 0 Å². The quantitative estimate of drug-likeness (QED) is 0.844. The summed E-state index contributed by atoms with van der Waals surface area (Å²) in [5, 5.41) is 3.23. The van der Waals surface area contributed by atoms with E-state index in [1.807, 2.05) is 0 Å². The van der Waals surface area contributed by atoms with Crippen molar-refractivity contribution in [3.05, 3.63) is 0 Å². The van der Waals surface area contributed by atoms with Crippen molar-refractivity contribution in [2.75, 3.05) is 19.3 Å². The Morgan fingerprint density at radius 2 is 1.80 bits per heavy atom. The van der Waals surface area contributed by atoms with Gasteiger partial charge in [-0.05, 0) is 43.9 Å². The number of fused-ring (bicyclic) bond motifs is 2. The van der Waals surface area contributed by atoms with Gasteiger partial charge in [-0.25, -0.2) is 12.7 Å². The molecule has 3 fully saturated rings. The zero-order valence-electron chi connectivity index (χ0n) is 12.0. The normalized spacial score (nSPS) is 35.4. The fraction of sp³-hybridized carbons (Fsp3) is 0.929. The maximum absolute atomic E-state index is 12.3. The van der Waals surface area contributed by atoms with Crippen LogP contribution in [0.1, 0.15) is 38.5 Å². The SMILES string of the molecule is CS(=O)(=O)N1CCC(C(=O)N[C@H]2C[C@H]3CC[C@H]2C3)CC1. The summed E-state index contributed by atoms with van der Waals surface area (Å²) in [5.41, 5.74) is 0. The molecule has 1 saturated heterocycles. The first kappa shape index (κ1) is 14.3. The van der Waals surface area contributed by atoms with Gasteiger partial charge in [0.2, 0.25) is 15.9 Å². The van der Waals surface area contributed by atoms with Gasteiger partial charge < -0.3 is 5.32 Å². The van der Waals surface area contributed by atoms with Crippen LogP contribution in [0.4, 0.5) is 0 Å². The number of hydrogen-bond donors (Lipinski definition) is 1. The van der Waals surface area contributed by atoms with Crippen molar-refractivity contribution in [3.8, 4) is 0 Å². The van der Waals surface area contributed by atoms with Gasteiger partial charge in [0.05, 0.1) is 6.26 Å². The predicted octanol–water partition coefficient (Wildman–Crippen LogP) is 0.963. The Morgan fingerprint density at radius 1 is 1.10 bits per heavy atom. The third kappa shape index (κ3) is 2.86. The smallest absolute Gasteiger partial charge is 0.223 e. The number of nitrogens with one attached hydrogen (secondary N) is 1. The number of carbonyl (C=O) groups is 1. The van der Waals surface area contributed by atoms with Crippen molar-refractivity contribution in [2.24, 2.45) is 17.8 Å².